The fourth-order valence-corrected chi connectivity index (χ4v) is 4.69. The topological polar surface area (TPSA) is 133 Å². The number of carboxylic acids is 1. The molecule has 0 aliphatic heterocycles. The molecule has 0 bridgehead atoms. The Labute approximate surface area is 243 Å². The standard InChI is InChI=1S/C28H32ClN5O5.ClH/c1-18(28(36)37)39-20-8-5-7-19(15-20)17-33(24(35)16-29)12-6-13-34-23(11-14-38-2)32-25-26(34)21-9-3-4-10-22(21)31-27(25)30;/h3-5,7-10,15,18H,6,11-14,16-17H2,1-2H3,(H2,30,31)(H,36,37);1H. The smallest absolute Gasteiger partial charge is 0.344 e. The number of aryl methyl sites for hydroxylation is 1. The maximum absolute atomic E-state index is 12.7. The van der Waals surface area contributed by atoms with Gasteiger partial charge in [-0.25, -0.2) is 14.8 Å². The maximum Gasteiger partial charge on any atom is 0.344 e. The minimum Gasteiger partial charge on any atom is -0.479 e. The molecule has 0 aliphatic rings. The molecule has 1 amide bonds. The Bertz CT molecular complexity index is 1480. The zero-order chi connectivity index (χ0) is 27.9. The van der Waals surface area contributed by atoms with Gasteiger partial charge in [0.25, 0.3) is 0 Å². The van der Waals surface area contributed by atoms with Gasteiger partial charge in [0.1, 0.15) is 23.0 Å². The average molecular weight is 591 g/mol. The molecular formula is C28H33Cl2N5O5. The Hall–Kier alpha value is -3.60. The van der Waals surface area contributed by atoms with Gasteiger partial charge in [-0.2, -0.15) is 0 Å². The molecule has 0 saturated carbocycles. The Morgan fingerprint density at radius 3 is 2.67 bits per heavy atom. The molecule has 12 heteroatoms. The van der Waals surface area contributed by atoms with Crippen LogP contribution in [0.25, 0.3) is 21.9 Å². The Balaban J connectivity index is 0.00000441. The van der Waals surface area contributed by atoms with Crippen molar-refractivity contribution >= 4 is 63.6 Å². The van der Waals surface area contributed by atoms with E-state index in [9.17, 15) is 9.59 Å². The summed E-state index contributed by atoms with van der Waals surface area (Å²) in [7, 11) is 1.65. The molecule has 2 heterocycles. The van der Waals surface area contributed by atoms with Gasteiger partial charge in [-0.05, 0) is 37.1 Å². The van der Waals surface area contributed by atoms with E-state index in [1.165, 1.54) is 6.92 Å². The first kappa shape index (κ1) is 30.9. The number of ether oxygens (including phenoxy) is 2. The number of rotatable bonds is 13. The third-order valence-corrected chi connectivity index (χ3v) is 6.66. The molecule has 214 valence electrons. The number of nitrogens with zero attached hydrogens (tertiary/aromatic N) is 4. The van der Waals surface area contributed by atoms with Gasteiger partial charge >= 0.3 is 5.97 Å². The van der Waals surface area contributed by atoms with E-state index in [0.717, 1.165) is 27.8 Å². The van der Waals surface area contributed by atoms with E-state index in [2.05, 4.69) is 9.55 Å². The summed E-state index contributed by atoms with van der Waals surface area (Å²) in [6.45, 7) is 3.32. The first-order valence-electron chi connectivity index (χ1n) is 12.7. The number of aliphatic carboxylic acids is 1. The van der Waals surface area contributed by atoms with Gasteiger partial charge in [-0.3, -0.25) is 4.79 Å². The van der Waals surface area contributed by atoms with Crippen LogP contribution in [0.2, 0.25) is 0 Å². The largest absolute Gasteiger partial charge is 0.479 e. The molecule has 0 spiro atoms. The molecule has 3 N–H and O–H groups in total. The van der Waals surface area contributed by atoms with Crippen LogP contribution in [0, 0.1) is 0 Å². The summed E-state index contributed by atoms with van der Waals surface area (Å²) in [6, 6.07) is 14.9. The van der Waals surface area contributed by atoms with Crippen molar-refractivity contribution in [2.45, 2.75) is 39.0 Å². The summed E-state index contributed by atoms with van der Waals surface area (Å²) < 4.78 is 12.9. The number of hydrogen-bond acceptors (Lipinski definition) is 7. The third kappa shape index (κ3) is 7.12. The van der Waals surface area contributed by atoms with Crippen molar-refractivity contribution in [2.75, 3.05) is 31.9 Å². The van der Waals surface area contributed by atoms with Gasteiger partial charge < -0.3 is 29.8 Å². The lowest BCUT2D eigenvalue weighted by atomic mass is 10.1. The summed E-state index contributed by atoms with van der Waals surface area (Å²) in [5.74, 6) is 0.235. The van der Waals surface area contributed by atoms with Crippen molar-refractivity contribution < 1.29 is 24.2 Å². The third-order valence-electron chi connectivity index (χ3n) is 6.43. The van der Waals surface area contributed by atoms with E-state index in [-0.39, 0.29) is 24.2 Å². The van der Waals surface area contributed by atoms with Crippen molar-refractivity contribution in [3.8, 4) is 5.75 Å². The number of nitrogen functional groups attached to an aromatic ring is 1. The molecule has 2 aromatic heterocycles. The highest BCUT2D eigenvalue weighted by atomic mass is 35.5. The number of carboxylic acid groups (broad SMARTS) is 1. The monoisotopic (exact) mass is 589 g/mol. The molecule has 10 nitrogen and oxygen atoms in total. The van der Waals surface area contributed by atoms with E-state index in [1.807, 2.05) is 30.3 Å². The SMILES string of the molecule is COCCc1nc2c(N)nc3ccccc3c2n1CCCN(Cc1cccc(OC(C)C(=O)O)c1)C(=O)CCl.Cl. The number of para-hydroxylation sites is 1. The fourth-order valence-electron chi connectivity index (χ4n) is 4.52. The van der Waals surface area contributed by atoms with E-state index in [1.54, 1.807) is 30.2 Å². The van der Waals surface area contributed by atoms with Crippen molar-refractivity contribution in [2.24, 2.45) is 0 Å². The van der Waals surface area contributed by atoms with Gasteiger partial charge in [0, 0.05) is 38.6 Å². The number of alkyl halides is 1. The number of methoxy groups -OCH3 is 1. The van der Waals surface area contributed by atoms with Crippen LogP contribution < -0.4 is 10.5 Å². The summed E-state index contributed by atoms with van der Waals surface area (Å²) in [5, 5.41) is 10.1. The molecule has 1 atom stereocenters. The molecule has 0 radical (unpaired) electrons. The van der Waals surface area contributed by atoms with Crippen LogP contribution in [0.5, 0.6) is 5.75 Å². The van der Waals surface area contributed by atoms with E-state index in [4.69, 9.17) is 36.9 Å². The van der Waals surface area contributed by atoms with E-state index < -0.39 is 12.1 Å². The Kier molecular flexibility index (Phi) is 10.9. The second-order valence-corrected chi connectivity index (χ2v) is 9.45. The number of nitrogens with two attached hydrogens (primary N) is 1. The molecule has 4 rings (SSSR count). The van der Waals surface area contributed by atoms with Gasteiger partial charge in [0.15, 0.2) is 11.9 Å². The molecule has 0 saturated heterocycles. The Morgan fingerprint density at radius 1 is 1.18 bits per heavy atom. The number of carbonyl (C=O) groups excluding carboxylic acids is 1. The zero-order valence-electron chi connectivity index (χ0n) is 22.4. The first-order chi connectivity index (χ1) is 18.8. The van der Waals surface area contributed by atoms with Crippen molar-refractivity contribution in [1.82, 2.24) is 19.4 Å². The lowest BCUT2D eigenvalue weighted by molar-refractivity contribution is -0.144. The lowest BCUT2D eigenvalue weighted by Crippen LogP contribution is -2.33. The molecule has 40 heavy (non-hydrogen) atoms. The number of benzene rings is 2. The number of carbonyl (C=O) groups is 2. The molecule has 0 aliphatic carbocycles. The van der Waals surface area contributed by atoms with Crippen molar-refractivity contribution in [3.05, 3.63) is 59.9 Å². The van der Waals surface area contributed by atoms with Gasteiger partial charge in [-0.15, -0.1) is 24.0 Å². The zero-order valence-corrected chi connectivity index (χ0v) is 24.0. The van der Waals surface area contributed by atoms with Crippen molar-refractivity contribution in [1.29, 1.82) is 0 Å². The maximum atomic E-state index is 12.7. The summed E-state index contributed by atoms with van der Waals surface area (Å²) in [5.41, 5.74) is 9.45. The highest BCUT2D eigenvalue weighted by Crippen LogP contribution is 2.29. The van der Waals surface area contributed by atoms with Crippen LogP contribution in [0.15, 0.2) is 48.5 Å². The van der Waals surface area contributed by atoms with Crippen LogP contribution >= 0.6 is 24.0 Å². The van der Waals surface area contributed by atoms with Crippen LogP contribution in [0.1, 0.15) is 24.7 Å². The molecular weight excluding hydrogens is 557 g/mol. The number of anilines is 1. The summed E-state index contributed by atoms with van der Waals surface area (Å²) >= 11 is 5.94. The molecule has 4 aromatic rings. The number of aromatic nitrogens is 3. The second kappa shape index (κ2) is 14.2. The van der Waals surface area contributed by atoms with Crippen LogP contribution in [0.3, 0.4) is 0 Å². The number of pyridine rings is 1. The first-order valence-corrected chi connectivity index (χ1v) is 13.2. The second-order valence-electron chi connectivity index (χ2n) is 9.18. The molecule has 0 fully saturated rings. The minimum absolute atomic E-state index is 0. The fraction of sp³-hybridized carbons (Fsp3) is 0.357. The predicted molar refractivity (Wildman–Crippen MR) is 157 cm³/mol. The van der Waals surface area contributed by atoms with Crippen LogP contribution in [-0.2, 0) is 33.8 Å². The van der Waals surface area contributed by atoms with Gasteiger partial charge in [-0.1, -0.05) is 30.3 Å². The summed E-state index contributed by atoms with van der Waals surface area (Å²) in [4.78, 5) is 34.9. The van der Waals surface area contributed by atoms with E-state index >= 15 is 0 Å². The number of halogens is 2. The van der Waals surface area contributed by atoms with Crippen molar-refractivity contribution in [3.63, 3.8) is 0 Å². The number of amides is 1. The van der Waals surface area contributed by atoms with Crippen LogP contribution in [-0.4, -0.2) is 68.7 Å². The minimum atomic E-state index is -1.05. The quantitative estimate of drug-likeness (QED) is 0.221. The number of hydrogen-bond donors (Lipinski definition) is 2. The lowest BCUT2D eigenvalue weighted by Gasteiger charge is -2.23. The van der Waals surface area contributed by atoms with Gasteiger partial charge in [0.2, 0.25) is 5.91 Å². The Morgan fingerprint density at radius 2 is 1.95 bits per heavy atom. The molecule has 2 aromatic carbocycles. The number of imidazole rings is 1. The number of fused-ring (bicyclic) bond motifs is 3. The average Bonchev–Trinajstić information content (AvgIpc) is 3.30. The highest BCUT2D eigenvalue weighted by Gasteiger charge is 2.19. The van der Waals surface area contributed by atoms with E-state index in [0.29, 0.717) is 56.2 Å². The normalized spacial score (nSPS) is 11.8. The van der Waals surface area contributed by atoms with Gasteiger partial charge in [0.05, 0.1) is 17.6 Å². The predicted octanol–water partition coefficient (Wildman–Crippen LogP) is 4.29. The highest BCUT2D eigenvalue weighted by molar-refractivity contribution is 6.27. The van der Waals surface area contributed by atoms with Crippen LogP contribution in [0.4, 0.5) is 5.82 Å². The molecule has 1 unspecified atom stereocenters. The summed E-state index contributed by atoms with van der Waals surface area (Å²) in [6.07, 6.45) is 0.250.